The van der Waals surface area contributed by atoms with Gasteiger partial charge in [-0.1, -0.05) is 11.6 Å². The maximum atomic E-state index is 14.8. The lowest BCUT2D eigenvalue weighted by Crippen LogP contribution is -2.23. The molecule has 4 rings (SSSR count). The zero-order valence-electron chi connectivity index (χ0n) is 21.4. The number of hydrogen-bond acceptors (Lipinski definition) is 6. The number of nitrogens with two attached hydrogens (primary N) is 1. The molecule has 0 aliphatic heterocycles. The highest BCUT2D eigenvalue weighted by atomic mass is 19.1. The number of halogens is 2. The van der Waals surface area contributed by atoms with Gasteiger partial charge in [0.15, 0.2) is 11.6 Å². The van der Waals surface area contributed by atoms with Gasteiger partial charge in [-0.15, -0.1) is 0 Å². The second kappa shape index (κ2) is 12.4. The third-order valence-corrected chi connectivity index (χ3v) is 6.28. The Morgan fingerprint density at radius 2 is 1.69 bits per heavy atom. The number of allylic oxidation sites excluding steroid dienone is 1. The summed E-state index contributed by atoms with van der Waals surface area (Å²) < 4.78 is 35.0. The molecule has 0 saturated heterocycles. The molecular formula is C28H30F2N6O3. The molecule has 1 aliphatic carbocycles. The van der Waals surface area contributed by atoms with Crippen molar-refractivity contribution in [3.8, 4) is 5.75 Å². The van der Waals surface area contributed by atoms with Crippen LogP contribution in [0.25, 0.3) is 6.08 Å². The van der Waals surface area contributed by atoms with E-state index in [1.807, 2.05) is 12.1 Å². The van der Waals surface area contributed by atoms with Crippen molar-refractivity contribution in [3.63, 3.8) is 0 Å². The molecule has 0 bridgehead atoms. The van der Waals surface area contributed by atoms with Gasteiger partial charge in [0.2, 0.25) is 17.7 Å². The molecule has 6 N–H and O–H groups in total. The Labute approximate surface area is 224 Å². The third kappa shape index (κ3) is 7.29. The normalized spacial score (nSPS) is 14.9. The van der Waals surface area contributed by atoms with E-state index in [4.69, 9.17) is 15.9 Å². The van der Waals surface area contributed by atoms with Gasteiger partial charge >= 0.3 is 0 Å². The predicted octanol–water partition coefficient (Wildman–Crippen LogP) is 4.60. The number of carbonyl (C=O) groups excluding carboxylic acids is 2. The van der Waals surface area contributed by atoms with Gasteiger partial charge in [0.1, 0.15) is 17.9 Å². The molecule has 9 nitrogen and oxygen atoms in total. The molecule has 1 fully saturated rings. The van der Waals surface area contributed by atoms with Gasteiger partial charge in [0.25, 0.3) is 0 Å². The lowest BCUT2D eigenvalue weighted by atomic mass is 9.90. The summed E-state index contributed by atoms with van der Waals surface area (Å²) in [5.74, 6) is -2.97. The Morgan fingerprint density at radius 3 is 2.33 bits per heavy atom. The van der Waals surface area contributed by atoms with Crippen molar-refractivity contribution < 1.29 is 23.1 Å². The molecule has 0 atom stereocenters. The van der Waals surface area contributed by atoms with Crippen LogP contribution in [0.1, 0.15) is 43.4 Å². The largest absolute Gasteiger partial charge is 0.434 e. The highest BCUT2D eigenvalue weighted by molar-refractivity contribution is 6.08. The van der Waals surface area contributed by atoms with Crippen molar-refractivity contribution in [1.82, 2.24) is 4.68 Å². The van der Waals surface area contributed by atoms with E-state index in [9.17, 15) is 18.4 Å². The van der Waals surface area contributed by atoms with E-state index in [2.05, 4.69) is 16.1 Å². The zero-order valence-corrected chi connectivity index (χ0v) is 21.4. The molecule has 1 aliphatic rings. The standard InChI is InChI=1S/C28H30F2N6O3/c1-33-36-13-12-18(14-17-2-6-20(31)7-3-17)27(36)28(32)39-24-11-10-22(15-23(24)30)35-26(38)16-25(37)34-21-8-4-19(29)5-9-21/h4-5,8-15,20,32-33H,2-3,6-7,16,31H2,1H3,(H,34,37)(H,35,38). The highest BCUT2D eigenvalue weighted by Gasteiger charge is 2.19. The fourth-order valence-electron chi connectivity index (χ4n) is 4.27. The first-order valence-electron chi connectivity index (χ1n) is 12.5. The summed E-state index contributed by atoms with van der Waals surface area (Å²) >= 11 is 0. The molecule has 0 unspecified atom stereocenters. The number of anilines is 2. The number of amides is 2. The van der Waals surface area contributed by atoms with E-state index >= 15 is 0 Å². The van der Waals surface area contributed by atoms with Crippen molar-refractivity contribution in [2.24, 2.45) is 5.73 Å². The number of nitrogens with one attached hydrogen (secondary N) is 4. The van der Waals surface area contributed by atoms with Crippen LogP contribution in [0.4, 0.5) is 20.2 Å². The summed E-state index contributed by atoms with van der Waals surface area (Å²) in [6.07, 6.45) is 6.85. The second-order valence-corrected chi connectivity index (χ2v) is 9.21. The molecule has 2 amide bonds. The van der Waals surface area contributed by atoms with Crippen molar-refractivity contribution in [3.05, 3.63) is 83.2 Å². The Morgan fingerprint density at radius 1 is 1.05 bits per heavy atom. The topological polar surface area (TPSA) is 134 Å². The minimum Gasteiger partial charge on any atom is -0.434 e. The van der Waals surface area contributed by atoms with E-state index in [0.717, 1.165) is 37.3 Å². The first-order valence-corrected chi connectivity index (χ1v) is 12.5. The van der Waals surface area contributed by atoms with Gasteiger partial charge in [-0.05, 0) is 68.1 Å². The van der Waals surface area contributed by atoms with E-state index in [0.29, 0.717) is 11.4 Å². The molecule has 1 saturated carbocycles. The smallest absolute Gasteiger partial charge is 0.238 e. The molecule has 1 heterocycles. The molecule has 1 aromatic heterocycles. The maximum absolute atomic E-state index is 14.8. The summed E-state index contributed by atoms with van der Waals surface area (Å²) in [7, 11) is 1.70. The Hall–Kier alpha value is -4.51. The number of carbonyl (C=O) groups is 2. The molecule has 39 heavy (non-hydrogen) atoms. The first kappa shape index (κ1) is 27.5. The summed E-state index contributed by atoms with van der Waals surface area (Å²) in [6, 6.07) is 10.9. The van der Waals surface area contributed by atoms with Crippen molar-refractivity contribution in [1.29, 1.82) is 5.41 Å². The molecule has 11 heteroatoms. The van der Waals surface area contributed by atoms with Crippen LogP contribution < -0.4 is 26.5 Å². The maximum Gasteiger partial charge on any atom is 0.238 e. The number of benzene rings is 2. The van der Waals surface area contributed by atoms with Crippen LogP contribution >= 0.6 is 0 Å². The van der Waals surface area contributed by atoms with Gasteiger partial charge in [0, 0.05) is 42.3 Å². The summed E-state index contributed by atoms with van der Waals surface area (Å²) in [4.78, 5) is 24.3. The van der Waals surface area contributed by atoms with E-state index in [-0.39, 0.29) is 23.4 Å². The number of rotatable bonds is 8. The van der Waals surface area contributed by atoms with Gasteiger partial charge in [-0.3, -0.25) is 19.7 Å². The number of ether oxygens (including phenoxy) is 1. The summed E-state index contributed by atoms with van der Waals surface area (Å²) in [5, 5.41) is 13.5. The Balaban J connectivity index is 1.39. The van der Waals surface area contributed by atoms with Crippen molar-refractivity contribution >= 4 is 35.2 Å². The molecule has 0 radical (unpaired) electrons. The minimum atomic E-state index is -0.794. The fourth-order valence-corrected chi connectivity index (χ4v) is 4.27. The zero-order chi connectivity index (χ0) is 27.9. The monoisotopic (exact) mass is 536 g/mol. The average molecular weight is 537 g/mol. The second-order valence-electron chi connectivity index (χ2n) is 9.21. The lowest BCUT2D eigenvalue weighted by Gasteiger charge is -2.20. The van der Waals surface area contributed by atoms with Gasteiger partial charge in [0.05, 0.1) is 0 Å². The SMILES string of the molecule is CNn1ccc(C=C2CCC(N)CC2)c1C(=N)Oc1ccc(NC(=O)CC(=O)Nc2ccc(F)cc2)cc1F. The number of aromatic nitrogens is 1. The van der Waals surface area contributed by atoms with Crippen LogP contribution in [0.2, 0.25) is 0 Å². The van der Waals surface area contributed by atoms with Crippen LogP contribution in [-0.4, -0.2) is 35.5 Å². The van der Waals surface area contributed by atoms with Crippen LogP contribution in [0.3, 0.4) is 0 Å². The molecular weight excluding hydrogens is 506 g/mol. The summed E-state index contributed by atoms with van der Waals surface area (Å²) in [5.41, 5.74) is 11.9. The average Bonchev–Trinajstić information content (AvgIpc) is 3.31. The Bertz CT molecular complexity index is 1390. The number of nitrogens with zero attached hydrogens (tertiary/aromatic N) is 1. The molecule has 3 aromatic rings. The van der Waals surface area contributed by atoms with Gasteiger partial charge in [-0.2, -0.15) is 0 Å². The molecule has 0 spiro atoms. The van der Waals surface area contributed by atoms with Crippen molar-refractivity contribution in [2.45, 2.75) is 38.1 Å². The van der Waals surface area contributed by atoms with Crippen LogP contribution in [0, 0.1) is 17.0 Å². The molecule has 2 aromatic carbocycles. The number of hydrogen-bond donors (Lipinski definition) is 5. The third-order valence-electron chi connectivity index (χ3n) is 6.28. The van der Waals surface area contributed by atoms with E-state index in [1.165, 1.54) is 42.0 Å². The predicted molar refractivity (Wildman–Crippen MR) is 146 cm³/mol. The molecule has 204 valence electrons. The Kier molecular flexibility index (Phi) is 8.72. The van der Waals surface area contributed by atoms with Crippen molar-refractivity contribution in [2.75, 3.05) is 23.1 Å². The van der Waals surface area contributed by atoms with Crippen LogP contribution in [0.5, 0.6) is 5.75 Å². The first-order chi connectivity index (χ1) is 18.7. The quantitative estimate of drug-likeness (QED) is 0.163. The van der Waals surface area contributed by atoms with E-state index < -0.39 is 29.9 Å². The van der Waals surface area contributed by atoms with Gasteiger partial charge in [-0.25, -0.2) is 8.78 Å². The summed E-state index contributed by atoms with van der Waals surface area (Å²) in [6.45, 7) is 0. The highest BCUT2D eigenvalue weighted by Crippen LogP contribution is 2.27. The van der Waals surface area contributed by atoms with Crippen LogP contribution in [0.15, 0.2) is 60.3 Å². The van der Waals surface area contributed by atoms with E-state index in [1.54, 1.807) is 17.9 Å². The van der Waals surface area contributed by atoms with Crippen LogP contribution in [-0.2, 0) is 9.59 Å². The fraction of sp³-hybridized carbons (Fsp3) is 0.250. The van der Waals surface area contributed by atoms with Gasteiger partial charge < -0.3 is 26.5 Å². The lowest BCUT2D eigenvalue weighted by molar-refractivity contribution is -0.123. The minimum absolute atomic E-state index is 0.116.